The average Bonchev–Trinajstić information content (AvgIpc) is 2.39. The third-order valence-corrected chi connectivity index (χ3v) is 3.88. The summed E-state index contributed by atoms with van der Waals surface area (Å²) in [6.45, 7) is 1.67. The van der Waals surface area contributed by atoms with Gasteiger partial charge in [-0.15, -0.1) is 0 Å². The Balaban J connectivity index is 2.65. The SMILES string of the molecule is CC(C(=O)O)(c1ccc(Br)cc1)c1ccccc1N. The molecule has 1 unspecified atom stereocenters. The molecular weight excluding hydrogens is 306 g/mol. The van der Waals surface area contributed by atoms with E-state index >= 15 is 0 Å². The van der Waals surface area contributed by atoms with Crippen LogP contribution < -0.4 is 5.73 Å². The van der Waals surface area contributed by atoms with E-state index in [9.17, 15) is 9.90 Å². The highest BCUT2D eigenvalue weighted by atomic mass is 79.9. The first-order chi connectivity index (χ1) is 8.96. The molecule has 3 nitrogen and oxygen atoms in total. The summed E-state index contributed by atoms with van der Waals surface area (Å²) < 4.78 is 0.907. The van der Waals surface area contributed by atoms with Gasteiger partial charge in [0.1, 0.15) is 5.41 Å². The molecule has 0 aliphatic rings. The molecular formula is C15H14BrNO2. The first kappa shape index (κ1) is 13.6. The number of nitrogen functional groups attached to an aromatic ring is 1. The van der Waals surface area contributed by atoms with Crippen LogP contribution in [0.5, 0.6) is 0 Å². The first-order valence-electron chi connectivity index (χ1n) is 5.80. The lowest BCUT2D eigenvalue weighted by molar-refractivity contribution is -0.141. The molecule has 2 aromatic carbocycles. The fraction of sp³-hybridized carbons (Fsp3) is 0.133. The van der Waals surface area contributed by atoms with E-state index in [1.165, 1.54) is 0 Å². The number of aliphatic carboxylic acids is 1. The van der Waals surface area contributed by atoms with Gasteiger partial charge in [0, 0.05) is 10.2 Å². The standard InChI is InChI=1S/C15H14BrNO2/c1-15(14(18)19,10-6-8-11(16)9-7-10)12-4-2-3-5-13(12)17/h2-9H,17H2,1H3,(H,18,19). The molecule has 0 radical (unpaired) electrons. The van der Waals surface area contributed by atoms with Gasteiger partial charge in [-0.25, -0.2) is 0 Å². The topological polar surface area (TPSA) is 63.3 Å². The van der Waals surface area contributed by atoms with Crippen molar-refractivity contribution < 1.29 is 9.90 Å². The van der Waals surface area contributed by atoms with Crippen molar-refractivity contribution >= 4 is 27.6 Å². The molecule has 0 heterocycles. The third-order valence-electron chi connectivity index (χ3n) is 3.35. The van der Waals surface area contributed by atoms with Crippen molar-refractivity contribution in [2.24, 2.45) is 0 Å². The Morgan fingerprint density at radius 2 is 1.74 bits per heavy atom. The molecule has 1 atom stereocenters. The molecule has 98 valence electrons. The maximum atomic E-state index is 11.8. The van der Waals surface area contributed by atoms with E-state index in [-0.39, 0.29) is 0 Å². The Morgan fingerprint density at radius 1 is 1.16 bits per heavy atom. The second kappa shape index (κ2) is 5.05. The van der Waals surface area contributed by atoms with Crippen LogP contribution in [-0.2, 0) is 10.2 Å². The number of anilines is 1. The number of para-hydroxylation sites is 1. The zero-order valence-electron chi connectivity index (χ0n) is 10.4. The van der Waals surface area contributed by atoms with E-state index in [2.05, 4.69) is 15.9 Å². The van der Waals surface area contributed by atoms with Crippen molar-refractivity contribution in [2.45, 2.75) is 12.3 Å². The molecule has 0 saturated carbocycles. The number of rotatable bonds is 3. The van der Waals surface area contributed by atoms with Crippen LogP contribution in [0.15, 0.2) is 53.0 Å². The summed E-state index contributed by atoms with van der Waals surface area (Å²) in [5, 5.41) is 9.67. The fourth-order valence-corrected chi connectivity index (χ4v) is 2.39. The van der Waals surface area contributed by atoms with Crippen LogP contribution in [0.1, 0.15) is 18.1 Å². The van der Waals surface area contributed by atoms with Crippen molar-refractivity contribution in [3.8, 4) is 0 Å². The maximum Gasteiger partial charge on any atom is 0.318 e. The van der Waals surface area contributed by atoms with Gasteiger partial charge in [0.2, 0.25) is 0 Å². The highest BCUT2D eigenvalue weighted by molar-refractivity contribution is 9.10. The molecule has 0 aliphatic carbocycles. The largest absolute Gasteiger partial charge is 0.480 e. The smallest absolute Gasteiger partial charge is 0.318 e. The highest BCUT2D eigenvalue weighted by Gasteiger charge is 2.38. The van der Waals surface area contributed by atoms with Crippen molar-refractivity contribution in [2.75, 3.05) is 5.73 Å². The summed E-state index contributed by atoms with van der Waals surface area (Å²) in [4.78, 5) is 11.8. The quantitative estimate of drug-likeness (QED) is 0.852. The Labute approximate surface area is 120 Å². The molecule has 2 aromatic rings. The lowest BCUT2D eigenvalue weighted by Crippen LogP contribution is -2.34. The predicted molar refractivity (Wildman–Crippen MR) is 79.1 cm³/mol. The highest BCUT2D eigenvalue weighted by Crippen LogP contribution is 2.36. The molecule has 3 N–H and O–H groups in total. The van der Waals surface area contributed by atoms with Gasteiger partial charge in [-0.05, 0) is 36.2 Å². The first-order valence-corrected chi connectivity index (χ1v) is 6.60. The molecule has 0 fully saturated rings. The van der Waals surface area contributed by atoms with Crippen LogP contribution in [0.2, 0.25) is 0 Å². The molecule has 0 spiro atoms. The number of hydrogen-bond acceptors (Lipinski definition) is 2. The Kier molecular flexibility index (Phi) is 3.62. The summed E-state index contributed by atoms with van der Waals surface area (Å²) in [5.41, 5.74) is 6.56. The van der Waals surface area contributed by atoms with Crippen molar-refractivity contribution in [1.82, 2.24) is 0 Å². The van der Waals surface area contributed by atoms with Crippen molar-refractivity contribution in [1.29, 1.82) is 0 Å². The van der Waals surface area contributed by atoms with E-state index in [1.807, 2.05) is 12.1 Å². The molecule has 0 aromatic heterocycles. The molecule has 0 amide bonds. The zero-order valence-corrected chi connectivity index (χ0v) is 12.0. The van der Waals surface area contributed by atoms with Crippen molar-refractivity contribution in [3.05, 3.63) is 64.1 Å². The van der Waals surface area contributed by atoms with E-state index in [0.717, 1.165) is 4.47 Å². The Hall–Kier alpha value is -1.81. The van der Waals surface area contributed by atoms with Gasteiger partial charge in [0.05, 0.1) is 0 Å². The number of benzene rings is 2. The van der Waals surface area contributed by atoms with Gasteiger partial charge in [-0.1, -0.05) is 46.3 Å². The van der Waals surface area contributed by atoms with E-state index in [1.54, 1.807) is 43.3 Å². The summed E-state index contributed by atoms with van der Waals surface area (Å²) in [7, 11) is 0. The van der Waals surface area contributed by atoms with Crippen LogP contribution >= 0.6 is 15.9 Å². The monoisotopic (exact) mass is 319 g/mol. The number of carbonyl (C=O) groups is 1. The second-order valence-corrected chi connectivity index (χ2v) is 5.44. The Morgan fingerprint density at radius 3 is 2.26 bits per heavy atom. The number of carboxylic acid groups (broad SMARTS) is 1. The van der Waals surface area contributed by atoms with Crippen LogP contribution in [-0.4, -0.2) is 11.1 Å². The van der Waals surface area contributed by atoms with Gasteiger partial charge in [-0.3, -0.25) is 4.79 Å². The van der Waals surface area contributed by atoms with E-state index in [0.29, 0.717) is 16.8 Å². The van der Waals surface area contributed by atoms with Gasteiger partial charge < -0.3 is 10.8 Å². The lowest BCUT2D eigenvalue weighted by Gasteiger charge is -2.27. The summed E-state index contributed by atoms with van der Waals surface area (Å²) in [6.07, 6.45) is 0. The zero-order chi connectivity index (χ0) is 14.0. The van der Waals surface area contributed by atoms with Crippen LogP contribution in [0, 0.1) is 0 Å². The normalized spacial score (nSPS) is 13.8. The van der Waals surface area contributed by atoms with Crippen LogP contribution in [0.25, 0.3) is 0 Å². The molecule has 4 heteroatoms. The summed E-state index contributed by atoms with van der Waals surface area (Å²) >= 11 is 3.35. The predicted octanol–water partition coefficient (Wildman–Crippen LogP) is 3.42. The lowest BCUT2D eigenvalue weighted by atomic mass is 9.75. The number of carboxylic acids is 1. The van der Waals surface area contributed by atoms with Crippen molar-refractivity contribution in [3.63, 3.8) is 0 Å². The molecule has 0 saturated heterocycles. The van der Waals surface area contributed by atoms with E-state index in [4.69, 9.17) is 5.73 Å². The van der Waals surface area contributed by atoms with Gasteiger partial charge >= 0.3 is 5.97 Å². The van der Waals surface area contributed by atoms with Gasteiger partial charge in [0.25, 0.3) is 0 Å². The minimum Gasteiger partial charge on any atom is -0.480 e. The third kappa shape index (κ3) is 2.36. The molecule has 2 rings (SSSR count). The fourth-order valence-electron chi connectivity index (χ4n) is 2.13. The molecule has 0 bridgehead atoms. The van der Waals surface area contributed by atoms with E-state index < -0.39 is 11.4 Å². The summed E-state index contributed by atoms with van der Waals surface area (Å²) in [6, 6.07) is 14.3. The van der Waals surface area contributed by atoms with Gasteiger partial charge in [0.15, 0.2) is 0 Å². The minimum absolute atomic E-state index is 0.482. The van der Waals surface area contributed by atoms with Gasteiger partial charge in [-0.2, -0.15) is 0 Å². The molecule has 19 heavy (non-hydrogen) atoms. The maximum absolute atomic E-state index is 11.8. The number of halogens is 1. The minimum atomic E-state index is -1.16. The molecule has 0 aliphatic heterocycles. The van der Waals surface area contributed by atoms with Crippen LogP contribution in [0.4, 0.5) is 5.69 Å². The number of nitrogens with two attached hydrogens (primary N) is 1. The Bertz CT molecular complexity index is 610. The average molecular weight is 320 g/mol. The number of hydrogen-bond donors (Lipinski definition) is 2. The summed E-state index contributed by atoms with van der Waals surface area (Å²) in [5.74, 6) is -0.923. The van der Waals surface area contributed by atoms with Crippen LogP contribution in [0.3, 0.4) is 0 Å². The second-order valence-electron chi connectivity index (χ2n) is 4.52.